The normalized spacial score (nSPS) is 17.8. The van der Waals surface area contributed by atoms with Crippen LogP contribution in [0.1, 0.15) is 70.1 Å². The van der Waals surface area contributed by atoms with Crippen LogP contribution in [0, 0.1) is 11.8 Å². The van der Waals surface area contributed by atoms with Gasteiger partial charge in [-0.15, -0.1) is 0 Å². The van der Waals surface area contributed by atoms with Crippen molar-refractivity contribution in [1.29, 1.82) is 0 Å². The maximum absolute atomic E-state index is 13.2. The zero-order chi connectivity index (χ0) is 37.5. The molecule has 0 spiro atoms. The molecule has 5 amide bonds. The van der Waals surface area contributed by atoms with E-state index < -0.39 is 17.9 Å². The first kappa shape index (κ1) is 34.2. The summed E-state index contributed by atoms with van der Waals surface area (Å²) in [5, 5.41) is 10.7. The molecule has 0 aliphatic carbocycles. The number of piperidine rings is 1. The Morgan fingerprint density at radius 2 is 1.72 bits per heavy atom. The van der Waals surface area contributed by atoms with Crippen LogP contribution in [0.2, 0.25) is 0 Å². The highest BCUT2D eigenvalue weighted by Gasteiger charge is 2.39. The van der Waals surface area contributed by atoms with Gasteiger partial charge >= 0.3 is 0 Å². The van der Waals surface area contributed by atoms with Crippen molar-refractivity contribution in [2.24, 2.45) is 5.73 Å². The number of amides is 5. The van der Waals surface area contributed by atoms with E-state index in [2.05, 4.69) is 32.8 Å². The first-order chi connectivity index (χ1) is 26.1. The van der Waals surface area contributed by atoms with E-state index in [4.69, 9.17) is 10.7 Å². The van der Waals surface area contributed by atoms with Crippen LogP contribution in [0.4, 0.5) is 11.4 Å². The number of fused-ring (bicyclic) bond motifs is 3. The highest BCUT2D eigenvalue weighted by molar-refractivity contribution is 6.07. The summed E-state index contributed by atoms with van der Waals surface area (Å²) >= 11 is 0. The van der Waals surface area contributed by atoms with Crippen LogP contribution < -0.4 is 21.7 Å². The summed E-state index contributed by atoms with van der Waals surface area (Å²) in [4.78, 5) is 72.9. The quantitative estimate of drug-likeness (QED) is 0.141. The molecule has 5 N–H and O–H groups in total. The molecule has 12 nitrogen and oxygen atoms in total. The molecule has 5 aromatic rings. The van der Waals surface area contributed by atoms with E-state index in [1.54, 1.807) is 18.3 Å². The van der Waals surface area contributed by atoms with Gasteiger partial charge in [0, 0.05) is 71.9 Å². The standard InChI is InChI=1S/C42H35N7O5/c1-23-17-37(51)47-33-14-6-12-29(39(33)46-23)28-11-5-10-25-19-34(44-21-31(25)28)27-18-26(38(40(43)52)45-20-27)8-3-2-7-24-9-4-13-30-32(24)22-49(42(30)54)35-15-16-36(50)48-41(35)53/h4-6,9-14,18-21,23,35,46H,3,8,15-17,22H2,1H3,(H2,43,52)(H,47,51)(H,48,50,53)/t23-,35?/m1/s1. The van der Waals surface area contributed by atoms with E-state index in [1.807, 2.05) is 67.7 Å². The molecule has 0 radical (unpaired) electrons. The maximum Gasteiger partial charge on any atom is 0.267 e. The van der Waals surface area contributed by atoms with Crippen LogP contribution in [-0.2, 0) is 27.3 Å². The Hall–Kier alpha value is -6.87. The van der Waals surface area contributed by atoms with E-state index in [0.29, 0.717) is 41.6 Å². The van der Waals surface area contributed by atoms with Gasteiger partial charge in [0.05, 0.1) is 17.1 Å². The smallest absolute Gasteiger partial charge is 0.267 e. The number of primary amides is 1. The molecule has 0 saturated carbocycles. The second kappa shape index (κ2) is 13.9. The molecule has 8 rings (SSSR count). The average Bonchev–Trinajstić information content (AvgIpc) is 3.40. The summed E-state index contributed by atoms with van der Waals surface area (Å²) in [5.74, 6) is 4.63. The van der Waals surface area contributed by atoms with Gasteiger partial charge in [-0.05, 0) is 72.2 Å². The first-order valence-electron chi connectivity index (χ1n) is 17.8. The lowest BCUT2D eigenvalue weighted by Gasteiger charge is -2.29. The Balaban J connectivity index is 1.04. The number of hydrogen-bond donors (Lipinski definition) is 4. The summed E-state index contributed by atoms with van der Waals surface area (Å²) in [7, 11) is 0. The fraction of sp³-hybridized carbons (Fsp3) is 0.214. The van der Waals surface area contributed by atoms with E-state index in [1.165, 1.54) is 4.90 Å². The van der Waals surface area contributed by atoms with E-state index in [-0.39, 0.29) is 48.8 Å². The highest BCUT2D eigenvalue weighted by Crippen LogP contribution is 2.40. The van der Waals surface area contributed by atoms with Gasteiger partial charge in [-0.1, -0.05) is 48.2 Å². The highest BCUT2D eigenvalue weighted by atomic mass is 16.2. The third-order valence-corrected chi connectivity index (χ3v) is 10.1. The third kappa shape index (κ3) is 6.41. The topological polar surface area (TPSA) is 176 Å². The number of aryl methyl sites for hydroxylation is 1. The van der Waals surface area contributed by atoms with Crippen molar-refractivity contribution in [1.82, 2.24) is 20.2 Å². The fourth-order valence-electron chi connectivity index (χ4n) is 7.50. The van der Waals surface area contributed by atoms with Gasteiger partial charge in [0.1, 0.15) is 11.7 Å². The minimum Gasteiger partial charge on any atom is -0.380 e. The number of nitrogens with one attached hydrogen (secondary N) is 3. The number of carbonyl (C=O) groups excluding carboxylic acids is 5. The lowest BCUT2D eigenvalue weighted by Crippen LogP contribution is -2.52. The number of benzene rings is 3. The predicted octanol–water partition coefficient (Wildman–Crippen LogP) is 4.95. The number of imide groups is 1. The van der Waals surface area contributed by atoms with Crippen molar-refractivity contribution in [2.75, 3.05) is 10.6 Å². The molecule has 54 heavy (non-hydrogen) atoms. The number of aromatic nitrogens is 2. The number of hydrogen-bond acceptors (Lipinski definition) is 8. The molecule has 3 aliphatic heterocycles. The van der Waals surface area contributed by atoms with Gasteiger partial charge in [0.25, 0.3) is 11.8 Å². The zero-order valence-electron chi connectivity index (χ0n) is 29.4. The van der Waals surface area contributed by atoms with Crippen molar-refractivity contribution in [3.63, 3.8) is 0 Å². The Bertz CT molecular complexity index is 2500. The van der Waals surface area contributed by atoms with Crippen LogP contribution in [0.3, 0.4) is 0 Å². The number of para-hydroxylation sites is 1. The SMILES string of the molecule is C[C@@H]1CC(=O)Nc2cccc(-c3cccc4cc(-c5cnc(C(N)=O)c(CCC#Cc6cccc7c6CN(C6CCC(=O)NC6=O)C7=O)c5)ncc34)c2N1. The van der Waals surface area contributed by atoms with Crippen LogP contribution in [-0.4, -0.2) is 56.5 Å². The van der Waals surface area contributed by atoms with Crippen LogP contribution >= 0.6 is 0 Å². The molecule has 2 atom stereocenters. The average molecular weight is 718 g/mol. The van der Waals surface area contributed by atoms with Gasteiger partial charge < -0.3 is 21.3 Å². The van der Waals surface area contributed by atoms with Crippen molar-refractivity contribution >= 4 is 51.7 Å². The Morgan fingerprint density at radius 1 is 0.926 bits per heavy atom. The van der Waals surface area contributed by atoms with Crippen LogP contribution in [0.5, 0.6) is 0 Å². The van der Waals surface area contributed by atoms with Gasteiger partial charge in [-0.25, -0.2) is 0 Å². The number of anilines is 2. The molecule has 1 fully saturated rings. The molecule has 0 bridgehead atoms. The van der Waals surface area contributed by atoms with Crippen molar-refractivity contribution in [3.05, 3.63) is 107 Å². The molecule has 5 heterocycles. The molecule has 3 aromatic carbocycles. The van der Waals surface area contributed by atoms with E-state index in [9.17, 15) is 24.0 Å². The van der Waals surface area contributed by atoms with Crippen molar-refractivity contribution < 1.29 is 24.0 Å². The number of rotatable bonds is 6. The molecule has 1 saturated heterocycles. The number of nitrogens with two attached hydrogens (primary N) is 1. The van der Waals surface area contributed by atoms with Gasteiger partial charge in [0.2, 0.25) is 17.7 Å². The molecular formula is C42H35N7O5. The molecule has 1 unspecified atom stereocenters. The van der Waals surface area contributed by atoms with E-state index in [0.717, 1.165) is 44.4 Å². The fourth-order valence-corrected chi connectivity index (χ4v) is 7.50. The minimum atomic E-state index is -0.708. The third-order valence-electron chi connectivity index (χ3n) is 10.1. The summed E-state index contributed by atoms with van der Waals surface area (Å²) in [6.07, 6.45) is 5.03. The molecule has 12 heteroatoms. The number of pyridine rings is 2. The molecular weight excluding hydrogens is 683 g/mol. The van der Waals surface area contributed by atoms with Crippen molar-refractivity contribution in [2.45, 2.75) is 57.7 Å². The predicted molar refractivity (Wildman–Crippen MR) is 203 cm³/mol. The monoisotopic (exact) mass is 717 g/mol. The van der Waals surface area contributed by atoms with Gasteiger partial charge in [-0.3, -0.25) is 39.3 Å². The largest absolute Gasteiger partial charge is 0.380 e. The molecule has 268 valence electrons. The lowest BCUT2D eigenvalue weighted by molar-refractivity contribution is -0.137. The Labute approximate surface area is 310 Å². The number of carbonyl (C=O) groups is 5. The maximum atomic E-state index is 13.2. The summed E-state index contributed by atoms with van der Waals surface area (Å²) < 4.78 is 0. The van der Waals surface area contributed by atoms with Crippen LogP contribution in [0.25, 0.3) is 33.2 Å². The van der Waals surface area contributed by atoms with E-state index >= 15 is 0 Å². The molecule has 2 aromatic heterocycles. The minimum absolute atomic E-state index is 0.0327. The number of nitrogens with zero attached hydrogens (tertiary/aromatic N) is 3. The second-order valence-electron chi connectivity index (χ2n) is 13.8. The second-order valence-corrected chi connectivity index (χ2v) is 13.8. The van der Waals surface area contributed by atoms with Crippen molar-refractivity contribution in [3.8, 4) is 34.2 Å². The van der Waals surface area contributed by atoms with Gasteiger partial charge in [-0.2, -0.15) is 0 Å². The molecule has 3 aliphatic rings. The van der Waals surface area contributed by atoms with Gasteiger partial charge in [0.15, 0.2) is 0 Å². The summed E-state index contributed by atoms with van der Waals surface area (Å²) in [5.41, 5.74) is 13.4. The Morgan fingerprint density at radius 3 is 2.56 bits per heavy atom. The summed E-state index contributed by atoms with van der Waals surface area (Å²) in [6.45, 7) is 2.21. The van der Waals surface area contributed by atoms with Crippen LogP contribution in [0.15, 0.2) is 79.1 Å². The summed E-state index contributed by atoms with van der Waals surface area (Å²) in [6, 6.07) is 20.3. The zero-order valence-corrected chi connectivity index (χ0v) is 29.4. The first-order valence-corrected chi connectivity index (χ1v) is 17.8. The lowest BCUT2D eigenvalue weighted by atomic mass is 9.96. The Kier molecular flexibility index (Phi) is 8.83.